The van der Waals surface area contributed by atoms with Crippen LogP contribution in [0.25, 0.3) is 0 Å². The van der Waals surface area contributed by atoms with E-state index < -0.39 is 0 Å². The molecule has 1 aromatic rings. The Balaban J connectivity index is 2.56. The van der Waals surface area contributed by atoms with Crippen molar-refractivity contribution in [3.63, 3.8) is 0 Å². The molecule has 0 aliphatic carbocycles. The molecule has 1 N–H and O–H groups in total. The van der Waals surface area contributed by atoms with Crippen molar-refractivity contribution in [2.24, 2.45) is 0 Å². The van der Waals surface area contributed by atoms with Crippen molar-refractivity contribution < 1.29 is 4.39 Å². The molecule has 0 saturated carbocycles. The first-order chi connectivity index (χ1) is 7.67. The zero-order valence-electron chi connectivity index (χ0n) is 10.0. The highest BCUT2D eigenvalue weighted by Crippen LogP contribution is 2.12. The van der Waals surface area contributed by atoms with Crippen LogP contribution in [0.4, 0.5) is 4.39 Å². The Kier molecular flexibility index (Phi) is 5.77. The molecule has 2 unspecified atom stereocenters. The number of nitrogens with zero attached hydrogens (tertiary/aromatic N) is 1. The molecule has 0 radical (unpaired) electrons. The van der Waals surface area contributed by atoms with Gasteiger partial charge in [0.05, 0.1) is 11.9 Å². The van der Waals surface area contributed by atoms with Crippen LogP contribution < -0.4 is 5.32 Å². The standard InChI is InChI=1S/C12H19FN2S/c1-4-11(8-16-3)15-9(2)12-6-5-10(13)7-14-12/h5-7,9,11,15H,4,8H2,1-3H3. The molecule has 1 heterocycles. The van der Waals surface area contributed by atoms with E-state index in [4.69, 9.17) is 0 Å². The van der Waals surface area contributed by atoms with Crippen LogP contribution in [0.3, 0.4) is 0 Å². The molecule has 0 amide bonds. The van der Waals surface area contributed by atoms with Crippen LogP contribution in [-0.4, -0.2) is 23.0 Å². The lowest BCUT2D eigenvalue weighted by molar-refractivity contribution is 0.466. The van der Waals surface area contributed by atoms with Crippen LogP contribution in [0, 0.1) is 5.82 Å². The molecule has 2 nitrogen and oxygen atoms in total. The first-order valence-electron chi connectivity index (χ1n) is 5.53. The monoisotopic (exact) mass is 242 g/mol. The van der Waals surface area contributed by atoms with Crippen molar-refractivity contribution in [3.05, 3.63) is 29.8 Å². The number of aromatic nitrogens is 1. The topological polar surface area (TPSA) is 24.9 Å². The summed E-state index contributed by atoms with van der Waals surface area (Å²) in [6.45, 7) is 4.22. The lowest BCUT2D eigenvalue weighted by atomic mass is 10.1. The van der Waals surface area contributed by atoms with Gasteiger partial charge in [0.25, 0.3) is 0 Å². The number of pyridine rings is 1. The highest BCUT2D eigenvalue weighted by molar-refractivity contribution is 7.98. The molecule has 0 aliphatic heterocycles. The average Bonchev–Trinajstić information content (AvgIpc) is 2.29. The molecule has 4 heteroatoms. The average molecular weight is 242 g/mol. The van der Waals surface area contributed by atoms with Crippen molar-refractivity contribution in [1.82, 2.24) is 10.3 Å². The van der Waals surface area contributed by atoms with Crippen molar-refractivity contribution >= 4 is 11.8 Å². The summed E-state index contributed by atoms with van der Waals surface area (Å²) in [5.74, 6) is 0.800. The van der Waals surface area contributed by atoms with Crippen molar-refractivity contribution in [2.45, 2.75) is 32.4 Å². The fraction of sp³-hybridized carbons (Fsp3) is 0.583. The van der Waals surface area contributed by atoms with Crippen LogP contribution in [0.1, 0.15) is 32.0 Å². The second-order valence-electron chi connectivity index (χ2n) is 3.85. The maximum Gasteiger partial charge on any atom is 0.141 e. The van der Waals surface area contributed by atoms with E-state index in [1.165, 1.54) is 12.3 Å². The Labute approximate surface area is 101 Å². The summed E-state index contributed by atoms with van der Waals surface area (Å²) in [6.07, 6.45) is 4.46. The summed E-state index contributed by atoms with van der Waals surface area (Å²) in [5.41, 5.74) is 0.890. The highest BCUT2D eigenvalue weighted by Gasteiger charge is 2.12. The molecule has 0 fully saturated rings. The zero-order valence-corrected chi connectivity index (χ0v) is 10.9. The van der Waals surface area contributed by atoms with Gasteiger partial charge in [-0.2, -0.15) is 11.8 Å². The van der Waals surface area contributed by atoms with Gasteiger partial charge < -0.3 is 5.32 Å². The van der Waals surface area contributed by atoms with E-state index in [1.807, 2.05) is 11.8 Å². The van der Waals surface area contributed by atoms with Crippen molar-refractivity contribution in [3.8, 4) is 0 Å². The van der Waals surface area contributed by atoms with Gasteiger partial charge in [-0.25, -0.2) is 4.39 Å². The second kappa shape index (κ2) is 6.86. The van der Waals surface area contributed by atoms with Crippen molar-refractivity contribution in [1.29, 1.82) is 0 Å². The summed E-state index contributed by atoms with van der Waals surface area (Å²) < 4.78 is 12.7. The van der Waals surface area contributed by atoms with Crippen molar-refractivity contribution in [2.75, 3.05) is 12.0 Å². The molecule has 0 aliphatic rings. The molecule has 0 saturated heterocycles. The smallest absolute Gasteiger partial charge is 0.141 e. The molecule has 0 spiro atoms. The van der Waals surface area contributed by atoms with E-state index in [9.17, 15) is 4.39 Å². The maximum atomic E-state index is 12.7. The van der Waals surface area contributed by atoms with Gasteiger partial charge in [0.15, 0.2) is 0 Å². The number of thioether (sulfide) groups is 1. The van der Waals surface area contributed by atoms with Crippen LogP contribution in [0.15, 0.2) is 18.3 Å². The maximum absolute atomic E-state index is 12.7. The molecule has 1 rings (SSSR count). The molecule has 2 atom stereocenters. The summed E-state index contributed by atoms with van der Waals surface area (Å²) >= 11 is 1.83. The predicted octanol–water partition coefficient (Wildman–Crippen LogP) is 3.01. The van der Waals surface area contributed by atoms with Crippen LogP contribution in [0.5, 0.6) is 0 Å². The summed E-state index contributed by atoms with van der Waals surface area (Å²) in [7, 11) is 0. The van der Waals surface area contributed by atoms with Gasteiger partial charge in [0.2, 0.25) is 0 Å². The van der Waals surface area contributed by atoms with Gasteiger partial charge in [0.1, 0.15) is 5.82 Å². The molecule has 0 aromatic carbocycles. The number of hydrogen-bond acceptors (Lipinski definition) is 3. The van der Waals surface area contributed by atoms with E-state index in [2.05, 4.69) is 30.4 Å². The summed E-state index contributed by atoms with van der Waals surface area (Å²) in [4.78, 5) is 4.08. The second-order valence-corrected chi connectivity index (χ2v) is 4.76. The van der Waals surface area contributed by atoms with Crippen LogP contribution >= 0.6 is 11.8 Å². The number of nitrogens with one attached hydrogen (secondary N) is 1. The minimum absolute atomic E-state index is 0.165. The first-order valence-corrected chi connectivity index (χ1v) is 6.93. The molecular formula is C12H19FN2S. The normalized spacial score (nSPS) is 14.8. The van der Waals surface area contributed by atoms with E-state index in [0.29, 0.717) is 6.04 Å². The van der Waals surface area contributed by atoms with Crippen LogP contribution in [0.2, 0.25) is 0 Å². The Hall–Kier alpha value is -0.610. The lowest BCUT2D eigenvalue weighted by Crippen LogP contribution is -2.33. The summed E-state index contributed by atoms with van der Waals surface area (Å²) in [6, 6.07) is 3.84. The Bertz CT molecular complexity index is 302. The largest absolute Gasteiger partial charge is 0.305 e. The van der Waals surface area contributed by atoms with E-state index in [1.54, 1.807) is 6.07 Å². The fourth-order valence-corrected chi connectivity index (χ4v) is 2.30. The Morgan fingerprint density at radius 1 is 1.50 bits per heavy atom. The van der Waals surface area contributed by atoms with Gasteiger partial charge in [-0.3, -0.25) is 4.98 Å². The van der Waals surface area contributed by atoms with E-state index >= 15 is 0 Å². The fourth-order valence-electron chi connectivity index (χ4n) is 1.57. The molecular weight excluding hydrogens is 223 g/mol. The minimum atomic E-state index is -0.285. The minimum Gasteiger partial charge on any atom is -0.305 e. The quantitative estimate of drug-likeness (QED) is 0.830. The van der Waals surface area contributed by atoms with Gasteiger partial charge in [-0.1, -0.05) is 6.92 Å². The Morgan fingerprint density at radius 2 is 2.25 bits per heavy atom. The molecule has 90 valence electrons. The number of rotatable bonds is 6. The number of halogens is 1. The predicted molar refractivity (Wildman–Crippen MR) is 68.2 cm³/mol. The lowest BCUT2D eigenvalue weighted by Gasteiger charge is -2.21. The highest BCUT2D eigenvalue weighted by atomic mass is 32.2. The molecule has 1 aromatic heterocycles. The zero-order chi connectivity index (χ0) is 12.0. The van der Waals surface area contributed by atoms with E-state index in [0.717, 1.165) is 17.9 Å². The van der Waals surface area contributed by atoms with Gasteiger partial charge in [-0.05, 0) is 31.7 Å². The van der Waals surface area contributed by atoms with Crippen LogP contribution in [-0.2, 0) is 0 Å². The third-order valence-corrected chi connectivity index (χ3v) is 3.28. The van der Waals surface area contributed by atoms with E-state index in [-0.39, 0.29) is 11.9 Å². The third kappa shape index (κ3) is 4.10. The third-order valence-electron chi connectivity index (χ3n) is 2.54. The Morgan fingerprint density at radius 3 is 2.75 bits per heavy atom. The van der Waals surface area contributed by atoms with Gasteiger partial charge in [0, 0.05) is 17.8 Å². The van der Waals surface area contributed by atoms with Gasteiger partial charge >= 0.3 is 0 Å². The summed E-state index contributed by atoms with van der Waals surface area (Å²) in [5, 5.41) is 3.50. The first kappa shape index (κ1) is 13.5. The molecule has 0 bridgehead atoms. The molecule has 16 heavy (non-hydrogen) atoms. The number of hydrogen-bond donors (Lipinski definition) is 1. The van der Waals surface area contributed by atoms with Gasteiger partial charge in [-0.15, -0.1) is 0 Å². The SMILES string of the molecule is CCC(CSC)NC(C)c1ccc(F)cn1.